The standard InChI is InChI=1S/C13H15N3O/c1-9-4-6-10(7-5-9)13-15-12(16-17-13)11-3-2-8-14-11/h4-7,11,14H,2-3,8H2,1H3/t11-/m0/s1. The number of aromatic nitrogens is 2. The molecule has 0 unspecified atom stereocenters. The summed E-state index contributed by atoms with van der Waals surface area (Å²) >= 11 is 0. The van der Waals surface area contributed by atoms with Gasteiger partial charge in [-0.3, -0.25) is 0 Å². The van der Waals surface area contributed by atoms with Crippen LogP contribution < -0.4 is 5.32 Å². The minimum absolute atomic E-state index is 0.262. The lowest BCUT2D eigenvalue weighted by atomic mass is 10.1. The molecule has 1 fully saturated rings. The van der Waals surface area contributed by atoms with Gasteiger partial charge in [-0.25, -0.2) is 0 Å². The van der Waals surface area contributed by atoms with Crippen molar-refractivity contribution in [1.82, 2.24) is 15.5 Å². The van der Waals surface area contributed by atoms with Crippen LogP contribution in [0.25, 0.3) is 11.5 Å². The summed E-state index contributed by atoms with van der Waals surface area (Å²) < 4.78 is 5.30. The first-order valence-corrected chi connectivity index (χ1v) is 5.97. The van der Waals surface area contributed by atoms with Gasteiger partial charge in [0.25, 0.3) is 5.89 Å². The maximum atomic E-state index is 5.30. The Kier molecular flexibility index (Phi) is 2.65. The van der Waals surface area contributed by atoms with Gasteiger partial charge < -0.3 is 9.84 Å². The topological polar surface area (TPSA) is 51.0 Å². The summed E-state index contributed by atoms with van der Waals surface area (Å²) in [6.45, 7) is 3.10. The average molecular weight is 229 g/mol. The van der Waals surface area contributed by atoms with Crippen molar-refractivity contribution in [3.05, 3.63) is 35.7 Å². The zero-order chi connectivity index (χ0) is 11.7. The normalized spacial score (nSPS) is 19.7. The Bertz CT molecular complexity index is 498. The van der Waals surface area contributed by atoms with E-state index in [0.717, 1.165) is 24.4 Å². The second-order valence-electron chi connectivity index (χ2n) is 4.47. The smallest absolute Gasteiger partial charge is 0.257 e. The molecule has 4 nitrogen and oxygen atoms in total. The number of hydrogen-bond acceptors (Lipinski definition) is 4. The van der Waals surface area contributed by atoms with Crippen LogP contribution in [0.2, 0.25) is 0 Å². The summed E-state index contributed by atoms with van der Waals surface area (Å²) in [6, 6.07) is 8.38. The number of hydrogen-bond donors (Lipinski definition) is 1. The third kappa shape index (κ3) is 2.08. The monoisotopic (exact) mass is 229 g/mol. The molecule has 0 saturated carbocycles. The highest BCUT2D eigenvalue weighted by Crippen LogP contribution is 2.24. The Morgan fingerprint density at radius 1 is 1.29 bits per heavy atom. The van der Waals surface area contributed by atoms with Crippen molar-refractivity contribution >= 4 is 0 Å². The van der Waals surface area contributed by atoms with Crippen molar-refractivity contribution in [3.8, 4) is 11.5 Å². The number of aryl methyl sites for hydroxylation is 1. The zero-order valence-electron chi connectivity index (χ0n) is 9.81. The summed E-state index contributed by atoms with van der Waals surface area (Å²) in [5.74, 6) is 1.38. The van der Waals surface area contributed by atoms with Crippen molar-refractivity contribution in [1.29, 1.82) is 0 Å². The molecule has 1 aliphatic heterocycles. The lowest BCUT2D eigenvalue weighted by Gasteiger charge is -2.01. The van der Waals surface area contributed by atoms with Gasteiger partial charge in [-0.2, -0.15) is 4.98 Å². The van der Waals surface area contributed by atoms with Crippen molar-refractivity contribution in [2.24, 2.45) is 0 Å². The van der Waals surface area contributed by atoms with Gasteiger partial charge in [0.1, 0.15) is 0 Å². The lowest BCUT2D eigenvalue weighted by Crippen LogP contribution is -2.14. The maximum absolute atomic E-state index is 5.30. The van der Waals surface area contributed by atoms with E-state index in [1.807, 2.05) is 24.3 Å². The molecule has 0 amide bonds. The van der Waals surface area contributed by atoms with Crippen LogP contribution in [0.1, 0.15) is 30.3 Å². The van der Waals surface area contributed by atoms with Crippen LogP contribution >= 0.6 is 0 Å². The fourth-order valence-corrected chi connectivity index (χ4v) is 2.09. The fourth-order valence-electron chi connectivity index (χ4n) is 2.09. The number of benzene rings is 1. The van der Waals surface area contributed by atoms with Crippen molar-refractivity contribution in [3.63, 3.8) is 0 Å². The van der Waals surface area contributed by atoms with Gasteiger partial charge >= 0.3 is 0 Å². The molecule has 1 aliphatic rings. The molecule has 3 rings (SSSR count). The van der Waals surface area contributed by atoms with Gasteiger partial charge in [0.2, 0.25) is 0 Å². The molecule has 1 atom stereocenters. The summed E-state index contributed by atoms with van der Waals surface area (Å²) in [6.07, 6.45) is 2.27. The third-order valence-corrected chi connectivity index (χ3v) is 3.11. The van der Waals surface area contributed by atoms with Gasteiger partial charge in [-0.05, 0) is 38.4 Å². The van der Waals surface area contributed by atoms with Crippen LogP contribution in [-0.2, 0) is 0 Å². The quantitative estimate of drug-likeness (QED) is 0.859. The average Bonchev–Trinajstić information content (AvgIpc) is 3.00. The molecule has 1 saturated heterocycles. The molecule has 17 heavy (non-hydrogen) atoms. The van der Waals surface area contributed by atoms with Crippen LogP contribution in [0, 0.1) is 6.92 Å². The van der Waals surface area contributed by atoms with Crippen molar-refractivity contribution < 1.29 is 4.52 Å². The molecular weight excluding hydrogens is 214 g/mol. The van der Waals surface area contributed by atoms with Crippen LogP contribution in [0.5, 0.6) is 0 Å². The van der Waals surface area contributed by atoms with Gasteiger partial charge in [-0.15, -0.1) is 0 Å². The van der Waals surface area contributed by atoms with Crippen LogP contribution in [0.15, 0.2) is 28.8 Å². The SMILES string of the molecule is Cc1ccc(-c2nc([C@@H]3CCCN3)no2)cc1. The van der Waals surface area contributed by atoms with Crippen LogP contribution in [0.3, 0.4) is 0 Å². The molecular formula is C13H15N3O. The first-order chi connectivity index (χ1) is 8.33. The minimum atomic E-state index is 0.262. The van der Waals surface area contributed by atoms with Gasteiger partial charge in [0, 0.05) is 5.56 Å². The predicted molar refractivity (Wildman–Crippen MR) is 64.4 cm³/mol. The molecule has 0 bridgehead atoms. The number of nitrogens with zero attached hydrogens (tertiary/aromatic N) is 2. The third-order valence-electron chi connectivity index (χ3n) is 3.11. The second kappa shape index (κ2) is 4.30. The molecule has 88 valence electrons. The lowest BCUT2D eigenvalue weighted by molar-refractivity contribution is 0.412. The first kappa shape index (κ1) is 10.5. The van der Waals surface area contributed by atoms with Crippen LogP contribution in [0.4, 0.5) is 0 Å². The predicted octanol–water partition coefficient (Wildman–Crippen LogP) is 2.47. The molecule has 2 heterocycles. The molecule has 2 aromatic rings. The van der Waals surface area contributed by atoms with E-state index >= 15 is 0 Å². The fraction of sp³-hybridized carbons (Fsp3) is 0.385. The Balaban J connectivity index is 1.86. The van der Waals surface area contributed by atoms with E-state index in [2.05, 4.69) is 22.4 Å². The summed E-state index contributed by atoms with van der Waals surface area (Å²) in [7, 11) is 0. The maximum Gasteiger partial charge on any atom is 0.257 e. The second-order valence-corrected chi connectivity index (χ2v) is 4.47. The van der Waals surface area contributed by atoms with E-state index in [1.165, 1.54) is 12.0 Å². The summed E-state index contributed by atoms with van der Waals surface area (Å²) in [4.78, 5) is 4.45. The molecule has 1 aromatic carbocycles. The van der Waals surface area contributed by atoms with E-state index in [0.29, 0.717) is 5.89 Å². The van der Waals surface area contributed by atoms with Crippen LogP contribution in [-0.4, -0.2) is 16.7 Å². The van der Waals surface area contributed by atoms with Crippen molar-refractivity contribution in [2.45, 2.75) is 25.8 Å². The first-order valence-electron chi connectivity index (χ1n) is 5.97. The Labute approximate surface area is 100 Å². The molecule has 0 aliphatic carbocycles. The van der Waals surface area contributed by atoms with E-state index < -0.39 is 0 Å². The zero-order valence-corrected chi connectivity index (χ0v) is 9.81. The Morgan fingerprint density at radius 3 is 2.82 bits per heavy atom. The van der Waals surface area contributed by atoms with E-state index in [-0.39, 0.29) is 6.04 Å². The Hall–Kier alpha value is -1.68. The molecule has 4 heteroatoms. The van der Waals surface area contributed by atoms with Gasteiger partial charge in [0.15, 0.2) is 5.82 Å². The number of rotatable bonds is 2. The largest absolute Gasteiger partial charge is 0.334 e. The highest BCUT2D eigenvalue weighted by molar-refractivity contribution is 5.53. The molecule has 0 radical (unpaired) electrons. The van der Waals surface area contributed by atoms with E-state index in [1.54, 1.807) is 0 Å². The summed E-state index contributed by atoms with van der Waals surface area (Å²) in [5, 5.41) is 7.41. The van der Waals surface area contributed by atoms with Crippen molar-refractivity contribution in [2.75, 3.05) is 6.54 Å². The molecule has 0 spiro atoms. The highest BCUT2D eigenvalue weighted by atomic mass is 16.5. The molecule has 1 N–H and O–H groups in total. The van der Waals surface area contributed by atoms with Gasteiger partial charge in [0.05, 0.1) is 6.04 Å². The Morgan fingerprint density at radius 2 is 2.12 bits per heavy atom. The summed E-state index contributed by atoms with van der Waals surface area (Å²) in [5.41, 5.74) is 2.21. The molecule has 1 aromatic heterocycles. The van der Waals surface area contributed by atoms with Gasteiger partial charge in [-0.1, -0.05) is 22.9 Å². The van der Waals surface area contributed by atoms with E-state index in [9.17, 15) is 0 Å². The van der Waals surface area contributed by atoms with E-state index in [4.69, 9.17) is 4.52 Å². The highest BCUT2D eigenvalue weighted by Gasteiger charge is 2.21. The number of nitrogens with one attached hydrogen (secondary N) is 1. The minimum Gasteiger partial charge on any atom is -0.334 e.